The smallest absolute Gasteiger partial charge is 0.247 e. The lowest BCUT2D eigenvalue weighted by molar-refractivity contribution is -0.115. The number of halogens is 1. The molecule has 0 saturated heterocycles. The summed E-state index contributed by atoms with van der Waals surface area (Å²) in [7, 11) is 0. The van der Waals surface area contributed by atoms with Crippen LogP contribution in [0.5, 0.6) is 0 Å². The second-order valence-electron chi connectivity index (χ2n) is 7.20. The number of carbonyl (C=O) groups is 1. The van der Waals surface area contributed by atoms with Crippen LogP contribution in [0.3, 0.4) is 0 Å². The highest BCUT2D eigenvalue weighted by Gasteiger charge is 2.19. The molecule has 0 spiro atoms. The SMILES string of the molecule is Cc1nnc(-c2cccc(C3=Nc4ccc(-c5ccccc5F)cc4NC(=O)C3)c2)o1. The van der Waals surface area contributed by atoms with Crippen molar-refractivity contribution in [1.82, 2.24) is 10.2 Å². The fourth-order valence-electron chi connectivity index (χ4n) is 3.54. The third kappa shape index (κ3) is 3.73. The molecule has 0 radical (unpaired) electrons. The van der Waals surface area contributed by atoms with Crippen molar-refractivity contribution in [3.8, 4) is 22.6 Å². The van der Waals surface area contributed by atoms with Gasteiger partial charge in [-0.05, 0) is 41.5 Å². The third-order valence-corrected chi connectivity index (χ3v) is 5.01. The summed E-state index contributed by atoms with van der Waals surface area (Å²) in [5, 5.41) is 10.8. The maximum Gasteiger partial charge on any atom is 0.247 e. The highest BCUT2D eigenvalue weighted by Crippen LogP contribution is 2.34. The van der Waals surface area contributed by atoms with E-state index in [0.717, 1.165) is 11.1 Å². The van der Waals surface area contributed by atoms with Crippen LogP contribution in [0.2, 0.25) is 0 Å². The average Bonchev–Trinajstić information content (AvgIpc) is 3.13. The van der Waals surface area contributed by atoms with Crippen LogP contribution >= 0.6 is 0 Å². The Morgan fingerprint density at radius 2 is 1.77 bits per heavy atom. The van der Waals surface area contributed by atoms with Crippen molar-refractivity contribution in [3.63, 3.8) is 0 Å². The van der Waals surface area contributed by atoms with Crippen LogP contribution in [-0.4, -0.2) is 21.8 Å². The number of hydrogen-bond acceptors (Lipinski definition) is 5. The lowest BCUT2D eigenvalue weighted by Crippen LogP contribution is -2.15. The van der Waals surface area contributed by atoms with E-state index < -0.39 is 0 Å². The molecular weight excluding hydrogens is 395 g/mol. The van der Waals surface area contributed by atoms with Crippen LogP contribution in [0.4, 0.5) is 15.8 Å². The number of nitrogens with zero attached hydrogens (tertiary/aromatic N) is 3. The quantitative estimate of drug-likeness (QED) is 0.494. The van der Waals surface area contributed by atoms with Gasteiger partial charge in [0.25, 0.3) is 0 Å². The van der Waals surface area contributed by atoms with Gasteiger partial charge in [0.1, 0.15) is 5.82 Å². The Bertz CT molecular complexity index is 1340. The van der Waals surface area contributed by atoms with Gasteiger partial charge >= 0.3 is 0 Å². The zero-order valence-electron chi connectivity index (χ0n) is 16.6. The molecule has 3 aromatic carbocycles. The fraction of sp³-hybridized carbons (Fsp3) is 0.0833. The zero-order valence-corrected chi connectivity index (χ0v) is 16.6. The van der Waals surface area contributed by atoms with Gasteiger partial charge in [0.15, 0.2) is 0 Å². The Labute approximate surface area is 177 Å². The first-order valence-electron chi connectivity index (χ1n) is 9.74. The largest absolute Gasteiger partial charge is 0.421 e. The second-order valence-corrected chi connectivity index (χ2v) is 7.20. The van der Waals surface area contributed by atoms with E-state index in [9.17, 15) is 9.18 Å². The number of rotatable bonds is 3. The molecule has 5 rings (SSSR count). The zero-order chi connectivity index (χ0) is 21.4. The molecule has 31 heavy (non-hydrogen) atoms. The highest BCUT2D eigenvalue weighted by molar-refractivity contribution is 6.17. The van der Waals surface area contributed by atoms with Crippen LogP contribution < -0.4 is 5.32 Å². The molecule has 1 amide bonds. The molecule has 0 saturated carbocycles. The van der Waals surface area contributed by atoms with Crippen LogP contribution in [0, 0.1) is 12.7 Å². The van der Waals surface area contributed by atoms with Crippen molar-refractivity contribution in [2.45, 2.75) is 13.3 Å². The van der Waals surface area contributed by atoms with Crippen LogP contribution in [0.1, 0.15) is 17.9 Å². The number of hydrogen-bond donors (Lipinski definition) is 1. The highest BCUT2D eigenvalue weighted by atomic mass is 19.1. The molecular formula is C24H17FN4O2. The molecule has 0 aliphatic carbocycles. The van der Waals surface area contributed by atoms with E-state index in [4.69, 9.17) is 9.41 Å². The van der Waals surface area contributed by atoms with Gasteiger partial charge in [-0.15, -0.1) is 10.2 Å². The summed E-state index contributed by atoms with van der Waals surface area (Å²) >= 11 is 0. The normalized spacial score (nSPS) is 13.2. The summed E-state index contributed by atoms with van der Waals surface area (Å²) < 4.78 is 19.7. The fourth-order valence-corrected chi connectivity index (χ4v) is 3.54. The van der Waals surface area contributed by atoms with E-state index >= 15 is 0 Å². The van der Waals surface area contributed by atoms with E-state index in [1.54, 1.807) is 43.3 Å². The maximum atomic E-state index is 14.2. The molecule has 1 aliphatic heterocycles. The van der Waals surface area contributed by atoms with Crippen LogP contribution in [0.15, 0.2) is 76.1 Å². The minimum atomic E-state index is -0.320. The third-order valence-electron chi connectivity index (χ3n) is 5.01. The van der Waals surface area contributed by atoms with E-state index in [0.29, 0.717) is 40.0 Å². The number of anilines is 1. The van der Waals surface area contributed by atoms with Gasteiger partial charge in [-0.25, -0.2) is 4.39 Å². The van der Waals surface area contributed by atoms with Crippen molar-refractivity contribution in [1.29, 1.82) is 0 Å². The molecule has 0 unspecified atom stereocenters. The molecule has 1 aliphatic rings. The summed E-state index contributed by atoms with van der Waals surface area (Å²) in [5.41, 5.74) is 4.45. The first-order valence-corrected chi connectivity index (χ1v) is 9.74. The molecule has 1 aromatic heterocycles. The molecule has 0 atom stereocenters. The Hall–Kier alpha value is -4.13. The Balaban J connectivity index is 1.55. The number of fused-ring (bicyclic) bond motifs is 1. The molecule has 6 nitrogen and oxygen atoms in total. The Morgan fingerprint density at radius 1 is 0.935 bits per heavy atom. The van der Waals surface area contributed by atoms with Gasteiger partial charge in [0, 0.05) is 18.1 Å². The number of nitrogens with one attached hydrogen (secondary N) is 1. The lowest BCUT2D eigenvalue weighted by atomic mass is 10.0. The van der Waals surface area contributed by atoms with Crippen LogP contribution in [0.25, 0.3) is 22.6 Å². The molecule has 2 heterocycles. The van der Waals surface area contributed by atoms with Crippen LogP contribution in [-0.2, 0) is 4.79 Å². The van der Waals surface area contributed by atoms with Gasteiger partial charge in [0.05, 0.1) is 23.5 Å². The monoisotopic (exact) mass is 412 g/mol. The van der Waals surface area contributed by atoms with Gasteiger partial charge in [-0.3, -0.25) is 9.79 Å². The van der Waals surface area contributed by atoms with Crippen molar-refractivity contribution in [3.05, 3.63) is 84.0 Å². The van der Waals surface area contributed by atoms with Gasteiger partial charge in [-0.2, -0.15) is 0 Å². The van der Waals surface area contributed by atoms with E-state index in [1.165, 1.54) is 6.07 Å². The summed E-state index contributed by atoms with van der Waals surface area (Å²) in [5.74, 6) is 0.376. The number of carbonyl (C=O) groups excluding carboxylic acids is 1. The van der Waals surface area contributed by atoms with E-state index in [1.807, 2.05) is 24.3 Å². The van der Waals surface area contributed by atoms with Gasteiger partial charge < -0.3 is 9.73 Å². The lowest BCUT2D eigenvalue weighted by Gasteiger charge is -2.09. The first kappa shape index (κ1) is 18.9. The molecule has 1 N–H and O–H groups in total. The predicted octanol–water partition coefficient (Wildman–Crippen LogP) is 5.31. The maximum absolute atomic E-state index is 14.2. The number of amides is 1. The van der Waals surface area contributed by atoms with Gasteiger partial charge in [0.2, 0.25) is 17.7 Å². The summed E-state index contributed by atoms with van der Waals surface area (Å²) in [6.07, 6.45) is 0.107. The average molecular weight is 412 g/mol. The summed E-state index contributed by atoms with van der Waals surface area (Å²) in [4.78, 5) is 17.3. The molecule has 0 fully saturated rings. The van der Waals surface area contributed by atoms with Crippen molar-refractivity contribution in [2.75, 3.05) is 5.32 Å². The van der Waals surface area contributed by atoms with Crippen molar-refractivity contribution in [2.24, 2.45) is 4.99 Å². The van der Waals surface area contributed by atoms with Crippen molar-refractivity contribution >= 4 is 23.0 Å². The first-order chi connectivity index (χ1) is 15.1. The Morgan fingerprint density at radius 3 is 2.58 bits per heavy atom. The molecule has 152 valence electrons. The summed E-state index contributed by atoms with van der Waals surface area (Å²) in [6.45, 7) is 1.73. The molecule has 0 bridgehead atoms. The minimum Gasteiger partial charge on any atom is -0.421 e. The standard InChI is InChI=1S/C24H17FN4O2/c1-14-28-29-24(31-14)17-6-4-5-16(11-17)21-13-23(30)27-22-12-15(9-10-20(22)26-21)18-7-2-3-8-19(18)25/h2-12H,13H2,1H3,(H,27,30). The summed E-state index contributed by atoms with van der Waals surface area (Å²) in [6, 6.07) is 19.3. The predicted molar refractivity (Wildman–Crippen MR) is 116 cm³/mol. The van der Waals surface area contributed by atoms with Crippen molar-refractivity contribution < 1.29 is 13.6 Å². The number of aryl methyl sites for hydroxylation is 1. The second kappa shape index (κ2) is 7.60. The van der Waals surface area contributed by atoms with Gasteiger partial charge in [-0.1, -0.05) is 36.4 Å². The number of aliphatic imine (C=N–C) groups is 1. The number of benzene rings is 3. The van der Waals surface area contributed by atoms with E-state index in [-0.39, 0.29) is 18.1 Å². The number of aromatic nitrogens is 2. The molecule has 4 aromatic rings. The minimum absolute atomic E-state index is 0.107. The Kier molecular flexibility index (Phi) is 4.63. The molecule has 7 heteroatoms. The topological polar surface area (TPSA) is 80.4 Å². The van der Waals surface area contributed by atoms with E-state index in [2.05, 4.69) is 15.5 Å².